The van der Waals surface area contributed by atoms with E-state index in [-0.39, 0.29) is 41.5 Å². The first-order valence-electron chi connectivity index (χ1n) is 18.9. The standard InChI is InChI=1S/C39H55N5O8/c1-42(2)27-18-26(41-38(51)22-19-44(20-22)23-14-12-10-8-6-5-7-9-11-13-15-23)32(45)29-24(27)16-21-17-25-31(43(3)4)34(47)30(37(40)50)36(49)39(25,52)35(48)28(21)33(29)46/h18,21-23,25,31,45,47-48,52H,5-17,19-20H2,1-4H3,(H2,40,50)(H,41,51)/t21-,25-,31-,39-/m0/s1. The molecule has 5 aliphatic rings. The zero-order chi connectivity index (χ0) is 37.6. The van der Waals surface area contributed by atoms with Crippen molar-refractivity contribution in [2.75, 3.05) is 51.5 Å². The number of aliphatic hydroxyl groups excluding tert-OH is 2. The van der Waals surface area contributed by atoms with Crippen LogP contribution in [0.4, 0.5) is 11.4 Å². The fraction of sp³-hybridized carbons (Fsp3) is 0.641. The van der Waals surface area contributed by atoms with Crippen LogP contribution in [0.15, 0.2) is 28.7 Å². The van der Waals surface area contributed by atoms with Crippen molar-refractivity contribution in [3.8, 4) is 5.75 Å². The number of likely N-dealkylation sites (N-methyl/N-ethyl adjacent to an activating group) is 1. The molecule has 0 spiro atoms. The van der Waals surface area contributed by atoms with Crippen LogP contribution in [0.1, 0.15) is 93.0 Å². The predicted octanol–water partition coefficient (Wildman–Crippen LogP) is 3.73. The largest absolute Gasteiger partial charge is 0.510 e. The Labute approximate surface area is 305 Å². The van der Waals surface area contributed by atoms with E-state index in [9.17, 15) is 39.6 Å². The zero-order valence-corrected chi connectivity index (χ0v) is 30.9. The van der Waals surface area contributed by atoms with Gasteiger partial charge in [-0.2, -0.15) is 0 Å². The number of phenolic OH excluding ortho intramolecular Hbond substituents is 1. The highest BCUT2D eigenvalue weighted by Gasteiger charge is 2.63. The zero-order valence-electron chi connectivity index (χ0n) is 30.9. The maximum Gasteiger partial charge on any atom is 0.255 e. The molecule has 4 atom stereocenters. The molecule has 0 radical (unpaired) electrons. The van der Waals surface area contributed by atoms with Gasteiger partial charge in [-0.05, 0) is 57.3 Å². The van der Waals surface area contributed by atoms with E-state index in [0.29, 0.717) is 30.4 Å². The third kappa shape index (κ3) is 6.49. The van der Waals surface area contributed by atoms with Crippen molar-refractivity contribution >= 4 is 34.8 Å². The Bertz CT molecular complexity index is 1680. The van der Waals surface area contributed by atoms with Crippen LogP contribution in [0.2, 0.25) is 0 Å². The number of carbonyl (C=O) groups is 4. The van der Waals surface area contributed by atoms with E-state index >= 15 is 0 Å². The number of hydrogen-bond acceptors (Lipinski definition) is 11. The number of carbonyl (C=O) groups excluding carboxylic acids is 4. The molecule has 7 N–H and O–H groups in total. The molecule has 1 saturated heterocycles. The molecular formula is C39H55N5O8. The number of ketones is 2. The third-order valence-electron chi connectivity index (χ3n) is 12.3. The highest BCUT2D eigenvalue weighted by Crippen LogP contribution is 2.54. The number of Topliss-reactive ketones (excluding diaryl/α,β-unsaturated/α-hetero) is 2. The van der Waals surface area contributed by atoms with Gasteiger partial charge in [0.05, 0.1) is 23.2 Å². The van der Waals surface area contributed by atoms with E-state index in [0.717, 1.165) is 12.8 Å². The van der Waals surface area contributed by atoms with E-state index in [4.69, 9.17) is 5.73 Å². The second-order valence-electron chi connectivity index (χ2n) is 16.1. The quantitative estimate of drug-likeness (QED) is 0.185. The Balaban J connectivity index is 1.27. The topological polar surface area (TPSA) is 197 Å². The molecule has 1 saturated carbocycles. The highest BCUT2D eigenvalue weighted by atomic mass is 16.3. The molecule has 0 unspecified atom stereocenters. The average Bonchev–Trinajstić information content (AvgIpc) is 3.04. The van der Waals surface area contributed by atoms with E-state index in [1.807, 2.05) is 0 Å². The summed E-state index contributed by atoms with van der Waals surface area (Å²) < 4.78 is 0. The molecule has 13 heteroatoms. The third-order valence-corrected chi connectivity index (χ3v) is 12.3. The Kier molecular flexibility index (Phi) is 10.8. The molecule has 284 valence electrons. The molecule has 1 aromatic rings. The number of aliphatic hydroxyl groups is 3. The summed E-state index contributed by atoms with van der Waals surface area (Å²) in [5.74, 6) is -7.68. The van der Waals surface area contributed by atoms with Gasteiger partial charge in [0.1, 0.15) is 17.1 Å². The summed E-state index contributed by atoms with van der Waals surface area (Å²) in [5, 5.41) is 49.1. The number of primary amides is 1. The Hall–Kier alpha value is -3.94. The maximum absolute atomic E-state index is 14.4. The van der Waals surface area contributed by atoms with Crippen molar-refractivity contribution in [2.24, 2.45) is 23.5 Å². The number of aromatic hydroxyl groups is 1. The SMILES string of the molecule is CN(C)c1cc(NC(=O)C2CN(C3CCCCCCCCCCC3)C2)c(O)c2c1C[C@H]1C[C@H]3[C@H](N(C)C)C(O)=C(C(N)=O)C(=O)[C@@]3(O)C(O)=C1C2=O. The minimum absolute atomic E-state index is 0.00292. The molecule has 6 rings (SSSR count). The molecule has 1 heterocycles. The number of nitrogens with zero attached hydrogens (tertiary/aromatic N) is 3. The first-order valence-corrected chi connectivity index (χ1v) is 18.9. The Morgan fingerprint density at radius 3 is 2.04 bits per heavy atom. The molecule has 2 fully saturated rings. The van der Waals surface area contributed by atoms with Gasteiger partial charge in [0.15, 0.2) is 17.1 Å². The lowest BCUT2D eigenvalue weighted by atomic mass is 9.58. The second-order valence-corrected chi connectivity index (χ2v) is 16.1. The molecule has 2 amide bonds. The minimum Gasteiger partial charge on any atom is -0.510 e. The predicted molar refractivity (Wildman–Crippen MR) is 196 cm³/mol. The normalized spacial score (nSPS) is 28.3. The maximum atomic E-state index is 14.4. The number of nitrogens with one attached hydrogen (secondary N) is 1. The summed E-state index contributed by atoms with van der Waals surface area (Å²) in [6.45, 7) is 1.26. The van der Waals surface area contributed by atoms with Gasteiger partial charge in [-0.15, -0.1) is 0 Å². The highest BCUT2D eigenvalue weighted by molar-refractivity contribution is 6.25. The van der Waals surface area contributed by atoms with Crippen molar-refractivity contribution in [3.63, 3.8) is 0 Å². The Morgan fingerprint density at radius 2 is 1.50 bits per heavy atom. The number of rotatable bonds is 6. The lowest BCUT2D eigenvalue weighted by Crippen LogP contribution is -2.63. The monoisotopic (exact) mass is 721 g/mol. The number of allylic oxidation sites excluding steroid dienone is 1. The summed E-state index contributed by atoms with van der Waals surface area (Å²) in [7, 11) is 6.76. The number of nitrogens with two attached hydrogens (primary N) is 1. The molecule has 0 aromatic heterocycles. The number of anilines is 2. The minimum atomic E-state index is -2.72. The first kappa shape index (κ1) is 37.8. The summed E-state index contributed by atoms with van der Waals surface area (Å²) in [6, 6.07) is 1.04. The second kappa shape index (κ2) is 14.8. The van der Waals surface area contributed by atoms with Crippen molar-refractivity contribution in [2.45, 2.75) is 101 Å². The van der Waals surface area contributed by atoms with E-state index in [2.05, 4.69) is 10.2 Å². The number of hydrogen-bond donors (Lipinski definition) is 6. The fourth-order valence-electron chi connectivity index (χ4n) is 9.51. The van der Waals surface area contributed by atoms with Crippen molar-refractivity contribution < 1.29 is 39.6 Å². The van der Waals surface area contributed by atoms with Gasteiger partial charge in [0, 0.05) is 50.4 Å². The number of amides is 2. The molecular weight excluding hydrogens is 666 g/mol. The number of fused-ring (bicyclic) bond motifs is 3. The van der Waals surface area contributed by atoms with Crippen LogP contribution < -0.4 is 16.0 Å². The number of benzene rings is 1. The van der Waals surface area contributed by atoms with Gasteiger partial charge >= 0.3 is 0 Å². The van der Waals surface area contributed by atoms with Crippen LogP contribution in [0.5, 0.6) is 5.75 Å². The van der Waals surface area contributed by atoms with Crippen molar-refractivity contribution in [3.05, 3.63) is 39.9 Å². The van der Waals surface area contributed by atoms with Crippen LogP contribution in [0, 0.1) is 17.8 Å². The molecule has 1 aliphatic heterocycles. The summed E-state index contributed by atoms with van der Waals surface area (Å²) >= 11 is 0. The molecule has 13 nitrogen and oxygen atoms in total. The van der Waals surface area contributed by atoms with E-state index < -0.39 is 63.8 Å². The van der Waals surface area contributed by atoms with Gasteiger partial charge < -0.3 is 36.4 Å². The van der Waals surface area contributed by atoms with Gasteiger partial charge in [-0.3, -0.25) is 29.0 Å². The van der Waals surface area contributed by atoms with Crippen LogP contribution >= 0.6 is 0 Å². The molecule has 0 bridgehead atoms. The van der Waals surface area contributed by atoms with E-state index in [1.54, 1.807) is 39.2 Å². The van der Waals surface area contributed by atoms with Gasteiger partial charge in [-0.25, -0.2) is 0 Å². The molecule has 52 heavy (non-hydrogen) atoms. The van der Waals surface area contributed by atoms with Crippen LogP contribution in [-0.2, 0) is 20.8 Å². The fourth-order valence-corrected chi connectivity index (χ4v) is 9.51. The smallest absolute Gasteiger partial charge is 0.255 e. The van der Waals surface area contributed by atoms with Crippen LogP contribution in [-0.4, -0.2) is 113 Å². The average molecular weight is 722 g/mol. The number of phenols is 1. The van der Waals surface area contributed by atoms with Crippen LogP contribution in [0.3, 0.4) is 0 Å². The molecule has 4 aliphatic carbocycles. The lowest BCUT2D eigenvalue weighted by molar-refractivity contribution is -0.148. The van der Waals surface area contributed by atoms with Crippen molar-refractivity contribution in [1.29, 1.82) is 0 Å². The molecule has 1 aromatic carbocycles. The lowest BCUT2D eigenvalue weighted by Gasteiger charge is -2.50. The summed E-state index contributed by atoms with van der Waals surface area (Å²) in [4.78, 5) is 59.6. The van der Waals surface area contributed by atoms with E-state index in [1.165, 1.54) is 62.7 Å². The summed E-state index contributed by atoms with van der Waals surface area (Å²) in [5.41, 5.74) is 2.64. The first-order chi connectivity index (χ1) is 24.7. The Morgan fingerprint density at radius 1 is 0.923 bits per heavy atom. The number of likely N-dealkylation sites (tertiary alicyclic amines) is 1. The van der Waals surface area contributed by atoms with Crippen molar-refractivity contribution in [1.82, 2.24) is 9.80 Å². The van der Waals surface area contributed by atoms with Gasteiger partial charge in [0.2, 0.25) is 11.7 Å². The van der Waals surface area contributed by atoms with Gasteiger partial charge in [0.25, 0.3) is 5.91 Å². The van der Waals surface area contributed by atoms with Gasteiger partial charge in [-0.1, -0.05) is 57.8 Å². The van der Waals surface area contributed by atoms with Crippen LogP contribution in [0.25, 0.3) is 0 Å². The summed E-state index contributed by atoms with van der Waals surface area (Å²) in [6.07, 6.45) is 13.8.